The van der Waals surface area contributed by atoms with Gasteiger partial charge in [-0.2, -0.15) is 26.3 Å². The first-order chi connectivity index (χ1) is 9.91. The number of ether oxygens (including phenoxy) is 1. The predicted octanol–water partition coefficient (Wildman–Crippen LogP) is 4.24. The molecule has 2 unspecified atom stereocenters. The monoisotopic (exact) mass is 327 g/mol. The lowest BCUT2D eigenvalue weighted by Crippen LogP contribution is -2.27. The molecule has 1 heterocycles. The van der Waals surface area contributed by atoms with Gasteiger partial charge in [0.05, 0.1) is 17.2 Å². The molecule has 1 aromatic carbocycles. The van der Waals surface area contributed by atoms with Crippen LogP contribution in [0.25, 0.3) is 0 Å². The molecule has 3 nitrogen and oxygen atoms in total. The van der Waals surface area contributed by atoms with Crippen molar-refractivity contribution in [3.8, 4) is 0 Å². The number of halogens is 6. The van der Waals surface area contributed by atoms with Crippen molar-refractivity contribution in [2.45, 2.75) is 31.4 Å². The lowest BCUT2D eigenvalue weighted by Gasteiger charge is -2.20. The number of hydrogen-bond donors (Lipinski definition) is 0. The highest BCUT2D eigenvalue weighted by Crippen LogP contribution is 2.40. The number of likely N-dealkylation sites (N-methyl/N-ethyl adjacent to an activating group) is 1. The quantitative estimate of drug-likeness (QED) is 0.722. The highest BCUT2D eigenvalue weighted by molar-refractivity contribution is 5.70. The minimum Gasteiger partial charge on any atom is -0.439 e. The summed E-state index contributed by atoms with van der Waals surface area (Å²) in [6, 6.07) is 0.498. The Kier molecular flexibility index (Phi) is 3.78. The second-order valence-electron chi connectivity index (χ2n) is 5.00. The van der Waals surface area contributed by atoms with E-state index in [0.717, 1.165) is 4.90 Å². The second kappa shape index (κ2) is 5.06. The normalized spacial score (nSPS) is 22.9. The van der Waals surface area contributed by atoms with Gasteiger partial charge in [-0.3, -0.25) is 0 Å². The zero-order valence-corrected chi connectivity index (χ0v) is 11.4. The molecule has 22 heavy (non-hydrogen) atoms. The fraction of sp³-hybridized carbons (Fsp3) is 0.462. The van der Waals surface area contributed by atoms with Crippen LogP contribution in [0, 0.1) is 0 Å². The Balaban J connectivity index is 2.54. The first kappa shape index (κ1) is 16.4. The molecule has 1 aromatic rings. The summed E-state index contributed by atoms with van der Waals surface area (Å²) in [6.07, 6.45) is -11.9. The molecule has 0 bridgehead atoms. The third kappa shape index (κ3) is 2.97. The van der Waals surface area contributed by atoms with Gasteiger partial charge < -0.3 is 9.64 Å². The molecule has 0 N–H and O–H groups in total. The van der Waals surface area contributed by atoms with Crippen molar-refractivity contribution in [3.05, 3.63) is 34.9 Å². The summed E-state index contributed by atoms with van der Waals surface area (Å²) in [5.41, 5.74) is -3.21. The van der Waals surface area contributed by atoms with E-state index in [9.17, 15) is 31.1 Å². The van der Waals surface area contributed by atoms with Crippen molar-refractivity contribution in [2.24, 2.45) is 0 Å². The minimum atomic E-state index is -4.94. The summed E-state index contributed by atoms with van der Waals surface area (Å²) in [5.74, 6) is 0. The van der Waals surface area contributed by atoms with E-state index in [4.69, 9.17) is 4.74 Å². The number of benzene rings is 1. The molecular weight excluding hydrogens is 316 g/mol. The van der Waals surface area contributed by atoms with Crippen LogP contribution in [0.2, 0.25) is 0 Å². The molecule has 0 radical (unpaired) electrons. The SMILES string of the molecule is CC1C(c2cc(C(F)(F)F)cc(C(F)(F)F)c2)OC(=O)N1C. The van der Waals surface area contributed by atoms with Gasteiger partial charge in [-0.05, 0) is 30.7 Å². The van der Waals surface area contributed by atoms with Gasteiger partial charge in [0.1, 0.15) is 6.10 Å². The molecule has 122 valence electrons. The van der Waals surface area contributed by atoms with Gasteiger partial charge in [-0.15, -0.1) is 0 Å². The van der Waals surface area contributed by atoms with Crippen LogP contribution in [-0.2, 0) is 17.1 Å². The van der Waals surface area contributed by atoms with Gasteiger partial charge in [0, 0.05) is 7.05 Å². The van der Waals surface area contributed by atoms with Crippen molar-refractivity contribution >= 4 is 6.09 Å². The number of carbonyl (C=O) groups excluding carboxylic acids is 1. The van der Waals surface area contributed by atoms with Crippen LogP contribution in [0.15, 0.2) is 18.2 Å². The van der Waals surface area contributed by atoms with Crippen LogP contribution < -0.4 is 0 Å². The van der Waals surface area contributed by atoms with Crippen LogP contribution in [0.3, 0.4) is 0 Å². The summed E-state index contributed by atoms with van der Waals surface area (Å²) < 4.78 is 81.6. The standard InChI is InChI=1S/C13H11F6NO2/c1-6-10(22-11(21)20(6)2)7-3-8(12(14,15)16)5-9(4-7)13(17,18)19/h3-6,10H,1-2H3. The zero-order chi connectivity index (χ0) is 16.9. The van der Waals surface area contributed by atoms with Crippen LogP contribution in [0.4, 0.5) is 31.1 Å². The van der Waals surface area contributed by atoms with E-state index in [-0.39, 0.29) is 11.6 Å². The number of carbonyl (C=O) groups is 1. The molecular formula is C13H11F6NO2. The lowest BCUT2D eigenvalue weighted by molar-refractivity contribution is -0.143. The fourth-order valence-electron chi connectivity index (χ4n) is 2.15. The average Bonchev–Trinajstić information content (AvgIpc) is 2.64. The smallest absolute Gasteiger partial charge is 0.416 e. The van der Waals surface area contributed by atoms with E-state index in [0.29, 0.717) is 12.1 Å². The predicted molar refractivity (Wildman–Crippen MR) is 62.9 cm³/mol. The molecule has 1 aliphatic heterocycles. The number of amides is 1. The first-order valence-electron chi connectivity index (χ1n) is 6.14. The number of rotatable bonds is 1. The number of hydrogen-bond acceptors (Lipinski definition) is 2. The van der Waals surface area contributed by atoms with Crippen LogP contribution in [-0.4, -0.2) is 24.1 Å². The Labute approximate surface area is 121 Å². The molecule has 1 amide bonds. The molecule has 0 saturated carbocycles. The van der Waals surface area contributed by atoms with Gasteiger partial charge in [0.2, 0.25) is 0 Å². The Morgan fingerprint density at radius 2 is 1.45 bits per heavy atom. The number of cyclic esters (lactones) is 1. The summed E-state index contributed by atoms with van der Waals surface area (Å²) in [5, 5.41) is 0. The minimum absolute atomic E-state index is 0.0364. The third-order valence-electron chi connectivity index (χ3n) is 3.50. The van der Waals surface area contributed by atoms with Crippen molar-refractivity contribution in [1.29, 1.82) is 0 Å². The Morgan fingerprint density at radius 1 is 1.00 bits per heavy atom. The van der Waals surface area contributed by atoms with Crippen LogP contribution in [0.1, 0.15) is 29.7 Å². The highest BCUT2D eigenvalue weighted by Gasteiger charge is 2.41. The van der Waals surface area contributed by atoms with Crippen molar-refractivity contribution in [2.75, 3.05) is 7.05 Å². The van der Waals surface area contributed by atoms with E-state index in [1.165, 1.54) is 14.0 Å². The van der Waals surface area contributed by atoms with E-state index >= 15 is 0 Å². The van der Waals surface area contributed by atoms with Gasteiger partial charge in [0.25, 0.3) is 0 Å². The second-order valence-corrected chi connectivity index (χ2v) is 5.00. The van der Waals surface area contributed by atoms with E-state index < -0.39 is 41.7 Å². The average molecular weight is 327 g/mol. The van der Waals surface area contributed by atoms with E-state index in [1.54, 1.807) is 0 Å². The Morgan fingerprint density at radius 3 is 1.77 bits per heavy atom. The van der Waals surface area contributed by atoms with Gasteiger partial charge in [0.15, 0.2) is 0 Å². The van der Waals surface area contributed by atoms with Gasteiger partial charge >= 0.3 is 18.4 Å². The maximum Gasteiger partial charge on any atom is 0.416 e. The van der Waals surface area contributed by atoms with Crippen molar-refractivity contribution < 1.29 is 35.9 Å². The summed E-state index contributed by atoms with van der Waals surface area (Å²) in [7, 11) is 1.35. The summed E-state index contributed by atoms with van der Waals surface area (Å²) >= 11 is 0. The fourth-order valence-corrected chi connectivity index (χ4v) is 2.15. The van der Waals surface area contributed by atoms with Crippen molar-refractivity contribution in [1.82, 2.24) is 4.90 Å². The lowest BCUT2D eigenvalue weighted by atomic mass is 9.97. The molecule has 0 spiro atoms. The first-order valence-corrected chi connectivity index (χ1v) is 6.14. The highest BCUT2D eigenvalue weighted by atomic mass is 19.4. The van der Waals surface area contributed by atoms with Gasteiger partial charge in [-0.1, -0.05) is 0 Å². The van der Waals surface area contributed by atoms with E-state index in [1.807, 2.05) is 0 Å². The molecule has 1 fully saturated rings. The van der Waals surface area contributed by atoms with Gasteiger partial charge in [-0.25, -0.2) is 4.79 Å². The molecule has 0 aromatic heterocycles. The molecule has 1 aliphatic rings. The Hall–Kier alpha value is -1.93. The maximum atomic E-state index is 12.8. The molecule has 9 heteroatoms. The number of nitrogens with zero attached hydrogens (tertiary/aromatic N) is 1. The Bertz CT molecular complexity index is 563. The van der Waals surface area contributed by atoms with Crippen LogP contribution >= 0.6 is 0 Å². The third-order valence-corrected chi connectivity index (χ3v) is 3.50. The number of alkyl halides is 6. The summed E-state index contributed by atoms with van der Waals surface area (Å²) in [4.78, 5) is 12.5. The summed E-state index contributed by atoms with van der Waals surface area (Å²) in [6.45, 7) is 1.48. The maximum absolute atomic E-state index is 12.8. The topological polar surface area (TPSA) is 29.5 Å². The molecule has 2 atom stereocenters. The van der Waals surface area contributed by atoms with Crippen LogP contribution in [0.5, 0.6) is 0 Å². The largest absolute Gasteiger partial charge is 0.439 e. The van der Waals surface area contributed by atoms with E-state index in [2.05, 4.69) is 0 Å². The molecule has 2 rings (SSSR count). The molecule has 0 aliphatic carbocycles. The zero-order valence-electron chi connectivity index (χ0n) is 11.4. The van der Waals surface area contributed by atoms with Crippen molar-refractivity contribution in [3.63, 3.8) is 0 Å². The molecule has 1 saturated heterocycles.